The number of ether oxygens (including phenoxy) is 1. The summed E-state index contributed by atoms with van der Waals surface area (Å²) < 4.78 is 21.6. The van der Waals surface area contributed by atoms with Crippen LogP contribution >= 0.6 is 0 Å². The topological polar surface area (TPSA) is 44.1 Å². The van der Waals surface area contributed by atoms with Gasteiger partial charge in [0.15, 0.2) is 0 Å². The number of nitrogens with zero attached hydrogens (tertiary/aromatic N) is 2. The van der Waals surface area contributed by atoms with E-state index < -0.39 is 6.10 Å². The summed E-state index contributed by atoms with van der Waals surface area (Å²) >= 11 is 0. The van der Waals surface area contributed by atoms with Gasteiger partial charge >= 0.3 is 0 Å². The Bertz CT molecular complexity index is 906. The molecule has 0 aliphatic rings. The van der Waals surface area contributed by atoms with Crippen LogP contribution < -0.4 is 4.74 Å². The van der Waals surface area contributed by atoms with E-state index in [0.717, 1.165) is 18.4 Å². The summed E-state index contributed by atoms with van der Waals surface area (Å²) in [6.07, 6.45) is 3.52. The molecule has 3 rings (SSSR count). The number of unbranched alkanes of at least 4 members (excludes halogenated alkanes) is 1. The Balaban J connectivity index is 1.69. The summed E-state index contributed by atoms with van der Waals surface area (Å²) in [5.74, 6) is 0.0475. The van der Waals surface area contributed by atoms with Crippen molar-refractivity contribution in [2.45, 2.75) is 39.2 Å². The van der Waals surface area contributed by atoms with Gasteiger partial charge in [-0.3, -0.25) is 4.79 Å². The molecule has 5 heteroatoms. The highest BCUT2D eigenvalue weighted by Gasteiger charge is 2.15. The minimum absolute atomic E-state index is 0.0337. The van der Waals surface area contributed by atoms with E-state index in [1.807, 2.05) is 44.2 Å². The molecule has 0 radical (unpaired) electrons. The molecule has 0 saturated heterocycles. The molecule has 1 heterocycles. The first kappa shape index (κ1) is 18.8. The lowest BCUT2D eigenvalue weighted by Gasteiger charge is -2.13. The quantitative estimate of drug-likeness (QED) is 0.542. The molecule has 27 heavy (non-hydrogen) atoms. The third-order valence-electron chi connectivity index (χ3n) is 4.36. The Kier molecular flexibility index (Phi) is 6.01. The fourth-order valence-corrected chi connectivity index (χ4v) is 2.82. The Labute approximate surface area is 158 Å². The lowest BCUT2D eigenvalue weighted by Crippen LogP contribution is -2.12. The molecule has 0 saturated carbocycles. The van der Waals surface area contributed by atoms with Crippen LogP contribution in [0.15, 0.2) is 60.8 Å². The van der Waals surface area contributed by atoms with Gasteiger partial charge in [-0.25, -0.2) is 9.07 Å². The van der Waals surface area contributed by atoms with Crippen molar-refractivity contribution in [3.05, 3.63) is 72.3 Å². The zero-order chi connectivity index (χ0) is 19.2. The highest BCUT2D eigenvalue weighted by Crippen LogP contribution is 2.28. The van der Waals surface area contributed by atoms with E-state index in [9.17, 15) is 9.18 Å². The van der Waals surface area contributed by atoms with Gasteiger partial charge in [-0.15, -0.1) is 0 Å². The van der Waals surface area contributed by atoms with E-state index in [1.54, 1.807) is 24.4 Å². The highest BCUT2D eigenvalue weighted by atomic mass is 19.1. The van der Waals surface area contributed by atoms with E-state index in [2.05, 4.69) is 5.10 Å². The molecule has 2 aromatic carbocycles. The molecular formula is C22H23FN2O2. The van der Waals surface area contributed by atoms with Crippen molar-refractivity contribution >= 4 is 5.91 Å². The maximum absolute atomic E-state index is 14.5. The minimum atomic E-state index is -0.396. The van der Waals surface area contributed by atoms with Crippen LogP contribution in [0.25, 0.3) is 11.1 Å². The molecule has 1 atom stereocenters. The summed E-state index contributed by atoms with van der Waals surface area (Å²) in [5, 5.41) is 4.30. The van der Waals surface area contributed by atoms with Gasteiger partial charge in [-0.1, -0.05) is 43.7 Å². The molecule has 0 fully saturated rings. The second kappa shape index (κ2) is 8.62. The molecular weight excluding hydrogens is 343 g/mol. The normalized spacial score (nSPS) is 12.0. The Hall–Kier alpha value is -2.95. The SMILES string of the molecule is CCCCC(=O)n1ccc(C(C)Oc2ccc(-c3ccccc3)c(F)c2)n1. The standard InChI is InChI=1S/C22H23FN2O2/c1-3-4-10-22(26)25-14-13-21(24-25)16(2)27-18-11-12-19(20(23)15-18)17-8-6-5-7-9-17/h5-9,11-16H,3-4,10H2,1-2H3. The fourth-order valence-electron chi connectivity index (χ4n) is 2.82. The first-order valence-electron chi connectivity index (χ1n) is 9.19. The fraction of sp³-hybridized carbons (Fsp3) is 0.273. The number of hydrogen-bond donors (Lipinski definition) is 0. The number of hydrogen-bond acceptors (Lipinski definition) is 3. The minimum Gasteiger partial charge on any atom is -0.484 e. The maximum atomic E-state index is 14.5. The molecule has 0 N–H and O–H groups in total. The van der Waals surface area contributed by atoms with Crippen LogP contribution in [0.5, 0.6) is 5.75 Å². The summed E-state index contributed by atoms with van der Waals surface area (Å²) in [4.78, 5) is 12.0. The first-order chi connectivity index (χ1) is 13.1. The van der Waals surface area contributed by atoms with Gasteiger partial charge in [-0.2, -0.15) is 5.10 Å². The number of aromatic nitrogens is 2. The van der Waals surface area contributed by atoms with Crippen LogP contribution in [0.4, 0.5) is 4.39 Å². The Morgan fingerprint density at radius 1 is 1.19 bits per heavy atom. The lowest BCUT2D eigenvalue weighted by molar-refractivity contribution is 0.0882. The van der Waals surface area contributed by atoms with Gasteiger partial charge in [0, 0.05) is 24.2 Å². The maximum Gasteiger partial charge on any atom is 0.246 e. The van der Waals surface area contributed by atoms with Crippen molar-refractivity contribution in [1.29, 1.82) is 0 Å². The molecule has 0 spiro atoms. The third-order valence-corrected chi connectivity index (χ3v) is 4.36. The number of rotatable bonds is 7. The predicted molar refractivity (Wildman–Crippen MR) is 103 cm³/mol. The molecule has 0 aliphatic carbocycles. The van der Waals surface area contributed by atoms with Crippen molar-refractivity contribution in [2.24, 2.45) is 0 Å². The first-order valence-corrected chi connectivity index (χ1v) is 9.19. The Morgan fingerprint density at radius 3 is 2.67 bits per heavy atom. The van der Waals surface area contributed by atoms with Crippen molar-refractivity contribution < 1.29 is 13.9 Å². The third kappa shape index (κ3) is 4.61. The second-order valence-electron chi connectivity index (χ2n) is 6.45. The molecule has 0 aliphatic heterocycles. The van der Waals surface area contributed by atoms with E-state index in [4.69, 9.17) is 4.74 Å². The summed E-state index contributed by atoms with van der Waals surface area (Å²) in [5.41, 5.74) is 1.98. The van der Waals surface area contributed by atoms with Gasteiger partial charge in [0.05, 0.1) is 0 Å². The van der Waals surface area contributed by atoms with Crippen LogP contribution in [0.2, 0.25) is 0 Å². The van der Waals surface area contributed by atoms with Crippen molar-refractivity contribution in [1.82, 2.24) is 9.78 Å². The van der Waals surface area contributed by atoms with Crippen LogP contribution in [0, 0.1) is 5.82 Å². The zero-order valence-electron chi connectivity index (χ0n) is 15.6. The predicted octanol–water partition coefficient (Wildman–Crippen LogP) is 5.66. The summed E-state index contributed by atoms with van der Waals surface area (Å²) in [6, 6.07) is 16.0. The largest absolute Gasteiger partial charge is 0.484 e. The van der Waals surface area contributed by atoms with Crippen molar-refractivity contribution in [3.63, 3.8) is 0 Å². The molecule has 4 nitrogen and oxygen atoms in total. The van der Waals surface area contributed by atoms with Gasteiger partial charge in [-0.05, 0) is 37.1 Å². The molecule has 3 aromatic rings. The van der Waals surface area contributed by atoms with E-state index in [-0.39, 0.29) is 11.7 Å². The zero-order valence-corrected chi connectivity index (χ0v) is 15.6. The summed E-state index contributed by atoms with van der Waals surface area (Å²) in [6.45, 7) is 3.87. The molecule has 0 bridgehead atoms. The molecule has 140 valence electrons. The molecule has 0 amide bonds. The number of carbonyl (C=O) groups excluding carboxylic acids is 1. The number of halogens is 1. The lowest BCUT2D eigenvalue weighted by atomic mass is 10.1. The van der Waals surface area contributed by atoms with Crippen LogP contribution in [0.3, 0.4) is 0 Å². The number of benzene rings is 2. The smallest absolute Gasteiger partial charge is 0.246 e. The van der Waals surface area contributed by atoms with Gasteiger partial charge < -0.3 is 4.74 Å². The molecule has 1 unspecified atom stereocenters. The highest BCUT2D eigenvalue weighted by molar-refractivity contribution is 5.77. The van der Waals surface area contributed by atoms with Gasteiger partial charge in [0.2, 0.25) is 5.91 Å². The summed E-state index contributed by atoms with van der Waals surface area (Å²) in [7, 11) is 0. The van der Waals surface area contributed by atoms with Crippen molar-refractivity contribution in [2.75, 3.05) is 0 Å². The van der Waals surface area contributed by atoms with Crippen LogP contribution in [0.1, 0.15) is 49.7 Å². The monoisotopic (exact) mass is 366 g/mol. The second-order valence-corrected chi connectivity index (χ2v) is 6.45. The van der Waals surface area contributed by atoms with Crippen LogP contribution in [-0.2, 0) is 0 Å². The van der Waals surface area contributed by atoms with Gasteiger partial charge in [0.25, 0.3) is 0 Å². The average molecular weight is 366 g/mol. The van der Waals surface area contributed by atoms with Crippen molar-refractivity contribution in [3.8, 4) is 16.9 Å². The van der Waals surface area contributed by atoms with E-state index in [1.165, 1.54) is 10.7 Å². The average Bonchev–Trinajstić information content (AvgIpc) is 3.17. The Morgan fingerprint density at radius 2 is 1.96 bits per heavy atom. The van der Waals surface area contributed by atoms with Crippen LogP contribution in [-0.4, -0.2) is 15.7 Å². The van der Waals surface area contributed by atoms with E-state index >= 15 is 0 Å². The number of carbonyl (C=O) groups is 1. The molecule has 1 aromatic heterocycles. The van der Waals surface area contributed by atoms with Gasteiger partial charge in [0.1, 0.15) is 23.4 Å². The van der Waals surface area contributed by atoms with E-state index in [0.29, 0.717) is 23.4 Å².